The summed E-state index contributed by atoms with van der Waals surface area (Å²) in [4.78, 5) is 11.0. The van der Waals surface area contributed by atoms with Crippen LogP contribution in [0.15, 0.2) is 30.3 Å². The number of rotatable bonds is 5. The van der Waals surface area contributed by atoms with Gasteiger partial charge in [-0.15, -0.1) is 5.10 Å². The third kappa shape index (κ3) is 2.83. The molecule has 4 nitrogen and oxygen atoms in total. The molecule has 0 atom stereocenters. The van der Waals surface area contributed by atoms with Crippen molar-refractivity contribution in [2.45, 2.75) is 26.8 Å². The van der Waals surface area contributed by atoms with E-state index in [4.69, 9.17) is 0 Å². The van der Waals surface area contributed by atoms with Crippen molar-refractivity contribution in [2.75, 3.05) is 0 Å². The Balaban J connectivity index is 2.29. The van der Waals surface area contributed by atoms with Gasteiger partial charge in [-0.2, -0.15) is 0 Å². The Labute approximate surface area is 107 Å². The summed E-state index contributed by atoms with van der Waals surface area (Å²) in [6.45, 7) is 5.02. The molecule has 18 heavy (non-hydrogen) atoms. The quantitative estimate of drug-likeness (QED) is 0.757. The van der Waals surface area contributed by atoms with Gasteiger partial charge >= 0.3 is 0 Å². The molecule has 0 fully saturated rings. The van der Waals surface area contributed by atoms with Gasteiger partial charge in [-0.3, -0.25) is 4.79 Å². The number of carbonyl (C=O) groups excluding carboxylic acids is 1. The first-order valence-electron chi connectivity index (χ1n) is 6.12. The standard InChI is InChI=1S/C14H17N3O/c1-11(2)9-17-14(13(10-18)15-16-17)8-12-6-4-3-5-7-12/h3-7,10-11H,8-9H2,1-2H3. The second-order valence-corrected chi connectivity index (χ2v) is 4.78. The molecular formula is C14H17N3O. The maximum Gasteiger partial charge on any atom is 0.172 e. The highest BCUT2D eigenvalue weighted by Crippen LogP contribution is 2.12. The summed E-state index contributed by atoms with van der Waals surface area (Å²) in [5.74, 6) is 0.473. The van der Waals surface area contributed by atoms with Crippen LogP contribution in [0.2, 0.25) is 0 Å². The van der Waals surface area contributed by atoms with Gasteiger partial charge in [0, 0.05) is 13.0 Å². The van der Waals surface area contributed by atoms with Crippen LogP contribution in [0.25, 0.3) is 0 Å². The summed E-state index contributed by atoms with van der Waals surface area (Å²) in [6.07, 6.45) is 1.47. The number of benzene rings is 1. The van der Waals surface area contributed by atoms with E-state index in [9.17, 15) is 4.79 Å². The van der Waals surface area contributed by atoms with E-state index in [0.717, 1.165) is 24.1 Å². The maximum atomic E-state index is 11.0. The molecule has 0 saturated carbocycles. The molecule has 0 spiro atoms. The topological polar surface area (TPSA) is 47.8 Å². The fourth-order valence-electron chi connectivity index (χ4n) is 1.90. The van der Waals surface area contributed by atoms with Gasteiger partial charge in [-0.25, -0.2) is 4.68 Å². The lowest BCUT2D eigenvalue weighted by molar-refractivity contribution is 0.111. The van der Waals surface area contributed by atoms with E-state index in [1.165, 1.54) is 0 Å². The van der Waals surface area contributed by atoms with E-state index < -0.39 is 0 Å². The Bertz CT molecular complexity index is 517. The highest BCUT2D eigenvalue weighted by Gasteiger charge is 2.13. The van der Waals surface area contributed by atoms with Gasteiger partial charge in [0.1, 0.15) is 5.69 Å². The Hall–Kier alpha value is -1.97. The van der Waals surface area contributed by atoms with Crippen LogP contribution in [-0.2, 0) is 13.0 Å². The maximum absolute atomic E-state index is 11.0. The van der Waals surface area contributed by atoms with Gasteiger partial charge in [0.2, 0.25) is 0 Å². The van der Waals surface area contributed by atoms with E-state index in [0.29, 0.717) is 18.0 Å². The highest BCUT2D eigenvalue weighted by molar-refractivity contribution is 5.73. The molecular weight excluding hydrogens is 226 g/mol. The van der Waals surface area contributed by atoms with E-state index in [2.05, 4.69) is 24.2 Å². The second kappa shape index (κ2) is 5.58. The fourth-order valence-corrected chi connectivity index (χ4v) is 1.90. The number of nitrogens with zero attached hydrogens (tertiary/aromatic N) is 3. The number of aldehydes is 1. The van der Waals surface area contributed by atoms with Crippen molar-refractivity contribution in [1.82, 2.24) is 15.0 Å². The molecule has 0 aliphatic carbocycles. The van der Waals surface area contributed by atoms with Crippen LogP contribution in [0.1, 0.15) is 35.6 Å². The monoisotopic (exact) mass is 243 g/mol. The smallest absolute Gasteiger partial charge is 0.172 e. The average molecular weight is 243 g/mol. The molecule has 1 aromatic carbocycles. The third-order valence-corrected chi connectivity index (χ3v) is 2.73. The van der Waals surface area contributed by atoms with Crippen LogP contribution in [0.3, 0.4) is 0 Å². The lowest BCUT2D eigenvalue weighted by Gasteiger charge is -2.09. The molecule has 0 unspecified atom stereocenters. The molecule has 0 aliphatic heterocycles. The zero-order valence-electron chi connectivity index (χ0n) is 10.7. The SMILES string of the molecule is CC(C)Cn1nnc(C=O)c1Cc1ccccc1. The zero-order chi connectivity index (χ0) is 13.0. The van der Waals surface area contributed by atoms with Crippen molar-refractivity contribution < 1.29 is 4.79 Å². The van der Waals surface area contributed by atoms with Crippen LogP contribution in [0.4, 0.5) is 0 Å². The van der Waals surface area contributed by atoms with Crippen LogP contribution >= 0.6 is 0 Å². The van der Waals surface area contributed by atoms with E-state index in [1.807, 2.05) is 35.0 Å². The molecule has 2 rings (SSSR count). The summed E-state index contributed by atoms with van der Waals surface area (Å²) in [5.41, 5.74) is 2.50. The summed E-state index contributed by atoms with van der Waals surface area (Å²) in [6, 6.07) is 10.1. The number of carbonyl (C=O) groups is 1. The number of hydrogen-bond donors (Lipinski definition) is 0. The minimum absolute atomic E-state index is 0.444. The van der Waals surface area contributed by atoms with E-state index >= 15 is 0 Å². The zero-order valence-corrected chi connectivity index (χ0v) is 10.7. The van der Waals surface area contributed by atoms with Gasteiger partial charge in [0.15, 0.2) is 6.29 Å². The largest absolute Gasteiger partial charge is 0.296 e. The highest BCUT2D eigenvalue weighted by atomic mass is 16.1. The molecule has 0 amide bonds. The fraction of sp³-hybridized carbons (Fsp3) is 0.357. The first kappa shape index (κ1) is 12.5. The van der Waals surface area contributed by atoms with Crippen molar-refractivity contribution >= 4 is 6.29 Å². The molecule has 0 radical (unpaired) electrons. The predicted octanol–water partition coefficient (Wildman–Crippen LogP) is 2.34. The summed E-state index contributed by atoms with van der Waals surface area (Å²) in [7, 11) is 0. The van der Waals surface area contributed by atoms with Crippen LogP contribution in [0.5, 0.6) is 0 Å². The minimum atomic E-state index is 0.444. The van der Waals surface area contributed by atoms with Crippen molar-refractivity contribution in [2.24, 2.45) is 5.92 Å². The lowest BCUT2D eigenvalue weighted by Crippen LogP contribution is -2.11. The molecule has 0 saturated heterocycles. The molecule has 0 aliphatic rings. The summed E-state index contributed by atoms with van der Waals surface area (Å²) in [5, 5.41) is 7.99. The molecule has 0 bridgehead atoms. The first-order valence-corrected chi connectivity index (χ1v) is 6.12. The number of hydrogen-bond acceptors (Lipinski definition) is 3. The Morgan fingerprint density at radius 2 is 2.00 bits per heavy atom. The van der Waals surface area contributed by atoms with Crippen LogP contribution < -0.4 is 0 Å². The Morgan fingerprint density at radius 1 is 1.28 bits per heavy atom. The summed E-state index contributed by atoms with van der Waals surface area (Å²) < 4.78 is 1.83. The predicted molar refractivity (Wildman–Crippen MR) is 69.5 cm³/mol. The van der Waals surface area contributed by atoms with Crippen molar-refractivity contribution in [3.8, 4) is 0 Å². The molecule has 1 heterocycles. The van der Waals surface area contributed by atoms with Gasteiger partial charge in [0.25, 0.3) is 0 Å². The van der Waals surface area contributed by atoms with Gasteiger partial charge < -0.3 is 0 Å². The average Bonchev–Trinajstić information content (AvgIpc) is 2.72. The second-order valence-electron chi connectivity index (χ2n) is 4.78. The van der Waals surface area contributed by atoms with Crippen LogP contribution in [-0.4, -0.2) is 21.3 Å². The Morgan fingerprint density at radius 3 is 2.61 bits per heavy atom. The minimum Gasteiger partial charge on any atom is -0.296 e. The van der Waals surface area contributed by atoms with Crippen molar-refractivity contribution in [3.63, 3.8) is 0 Å². The van der Waals surface area contributed by atoms with Crippen molar-refractivity contribution in [3.05, 3.63) is 47.3 Å². The molecule has 2 aromatic rings. The number of aromatic nitrogens is 3. The van der Waals surface area contributed by atoms with Crippen LogP contribution in [0, 0.1) is 5.92 Å². The normalized spacial score (nSPS) is 10.8. The Kier molecular flexibility index (Phi) is 3.87. The summed E-state index contributed by atoms with van der Waals surface area (Å²) >= 11 is 0. The van der Waals surface area contributed by atoms with E-state index in [1.54, 1.807) is 0 Å². The van der Waals surface area contributed by atoms with E-state index in [-0.39, 0.29) is 0 Å². The first-order chi connectivity index (χ1) is 8.70. The third-order valence-electron chi connectivity index (χ3n) is 2.73. The van der Waals surface area contributed by atoms with Crippen molar-refractivity contribution in [1.29, 1.82) is 0 Å². The van der Waals surface area contributed by atoms with Gasteiger partial charge in [-0.1, -0.05) is 49.4 Å². The molecule has 94 valence electrons. The molecule has 0 N–H and O–H groups in total. The lowest BCUT2D eigenvalue weighted by atomic mass is 10.1. The molecule has 1 aromatic heterocycles. The van der Waals surface area contributed by atoms with Gasteiger partial charge in [-0.05, 0) is 11.5 Å². The molecule has 4 heteroatoms. The van der Waals surface area contributed by atoms with Gasteiger partial charge in [0.05, 0.1) is 5.69 Å².